The van der Waals surface area contributed by atoms with Gasteiger partial charge in [-0.3, -0.25) is 0 Å². The van der Waals surface area contributed by atoms with E-state index in [1.54, 1.807) is 0 Å². The molecule has 3 nitrogen and oxygen atoms in total. The van der Waals surface area contributed by atoms with Crippen LogP contribution in [0.4, 0.5) is 4.79 Å². The predicted molar refractivity (Wildman–Crippen MR) is 5.40 cm³/mol. The monoisotopic (exact) mass is 171 g/mol. The molecular weight excluding hydrogens is 171 g/mol. The van der Waals surface area contributed by atoms with Crippen molar-refractivity contribution in [1.29, 1.82) is 0 Å². The molecule has 6 heavy (non-hydrogen) atoms. The molecule has 0 heterocycles. The SMILES string of the molecule is O=C([O-])[O-].[Fe+2].[Mn]. The van der Waals surface area contributed by atoms with Gasteiger partial charge in [0.1, 0.15) is 0 Å². The fraction of sp³-hybridized carbons (Fsp3) is 0. The molecular formula is CFeMnO3. The van der Waals surface area contributed by atoms with E-state index >= 15 is 0 Å². The van der Waals surface area contributed by atoms with Gasteiger partial charge in [0.05, 0.1) is 0 Å². The fourth-order valence-electron chi connectivity index (χ4n) is 0. The van der Waals surface area contributed by atoms with Crippen LogP contribution in [-0.2, 0) is 34.1 Å². The Morgan fingerprint density at radius 1 is 1.33 bits per heavy atom. The van der Waals surface area contributed by atoms with Gasteiger partial charge in [0.15, 0.2) is 0 Å². The van der Waals surface area contributed by atoms with Gasteiger partial charge in [0.25, 0.3) is 0 Å². The van der Waals surface area contributed by atoms with Crippen LogP contribution in [0.1, 0.15) is 0 Å². The second-order valence-corrected chi connectivity index (χ2v) is 0.250. The van der Waals surface area contributed by atoms with Gasteiger partial charge in [-0.2, -0.15) is 0 Å². The normalized spacial score (nSPS) is 4.00. The maximum absolute atomic E-state index is 8.33. The second kappa shape index (κ2) is 9.00. The first-order valence-corrected chi connectivity index (χ1v) is 0.612. The Morgan fingerprint density at radius 2 is 1.33 bits per heavy atom. The average molecular weight is 171 g/mol. The summed E-state index contributed by atoms with van der Waals surface area (Å²) in [5, 5.41) is 16.7. The largest absolute Gasteiger partial charge is 2.00 e. The van der Waals surface area contributed by atoms with Crippen LogP contribution >= 0.6 is 0 Å². The van der Waals surface area contributed by atoms with Crippen LogP contribution in [0.5, 0.6) is 0 Å². The van der Waals surface area contributed by atoms with Crippen molar-refractivity contribution >= 4 is 6.16 Å². The third-order valence-electron chi connectivity index (χ3n) is 0. The van der Waals surface area contributed by atoms with Crippen LogP contribution in [-0.4, -0.2) is 6.16 Å². The van der Waals surface area contributed by atoms with Crippen molar-refractivity contribution < 1.29 is 49.1 Å². The molecule has 0 aliphatic carbocycles. The Bertz CT molecular complexity index is 33.8. The molecule has 0 atom stereocenters. The quantitative estimate of drug-likeness (QED) is 0.380. The number of carbonyl (C=O) groups is 1. The van der Waals surface area contributed by atoms with Gasteiger partial charge in [-0.1, -0.05) is 0 Å². The van der Waals surface area contributed by atoms with Crippen molar-refractivity contribution in [2.24, 2.45) is 0 Å². The maximum Gasteiger partial charge on any atom is 2.00 e. The molecule has 0 aromatic heterocycles. The zero-order chi connectivity index (χ0) is 3.58. The molecule has 0 saturated carbocycles. The minimum absolute atomic E-state index is 0. The predicted octanol–water partition coefficient (Wildman–Crippen LogP) is -2.45. The Hall–Kier alpha value is 0.309. The van der Waals surface area contributed by atoms with Gasteiger partial charge in [-0.15, -0.1) is 0 Å². The van der Waals surface area contributed by atoms with Gasteiger partial charge in [-0.25, -0.2) is 0 Å². The Kier molecular flexibility index (Phi) is 24.4. The minimum atomic E-state index is -2.33. The van der Waals surface area contributed by atoms with Gasteiger partial charge in [-0.05, 0) is 6.16 Å². The first-order valence-electron chi connectivity index (χ1n) is 0.612. The summed E-state index contributed by atoms with van der Waals surface area (Å²) < 4.78 is 0. The molecule has 0 amide bonds. The molecule has 0 N–H and O–H groups in total. The van der Waals surface area contributed by atoms with Gasteiger partial charge in [0.2, 0.25) is 0 Å². The van der Waals surface area contributed by atoms with Gasteiger partial charge < -0.3 is 15.0 Å². The number of carbonyl (C=O) groups excluding carboxylic acids is 1. The molecule has 0 fully saturated rings. The van der Waals surface area contributed by atoms with E-state index in [0.29, 0.717) is 0 Å². The van der Waals surface area contributed by atoms with E-state index in [2.05, 4.69) is 0 Å². The van der Waals surface area contributed by atoms with E-state index in [9.17, 15) is 0 Å². The van der Waals surface area contributed by atoms with Crippen LogP contribution < -0.4 is 10.2 Å². The zero-order valence-electron chi connectivity index (χ0n) is 2.46. The van der Waals surface area contributed by atoms with Crippen molar-refractivity contribution in [2.75, 3.05) is 0 Å². The maximum atomic E-state index is 8.33. The number of rotatable bonds is 0. The molecule has 0 aliphatic rings. The molecule has 37 valence electrons. The van der Waals surface area contributed by atoms with Gasteiger partial charge in [0, 0.05) is 17.1 Å². The number of hydrogen-bond donors (Lipinski definition) is 0. The molecule has 5 heteroatoms. The van der Waals surface area contributed by atoms with E-state index in [4.69, 9.17) is 15.0 Å². The van der Waals surface area contributed by atoms with Crippen LogP contribution in [0.25, 0.3) is 0 Å². The van der Waals surface area contributed by atoms with Crippen LogP contribution in [0.15, 0.2) is 0 Å². The summed E-state index contributed by atoms with van der Waals surface area (Å²) in [6.45, 7) is 0. The molecule has 1 radical (unpaired) electrons. The third-order valence-corrected chi connectivity index (χ3v) is 0. The molecule has 0 rings (SSSR count). The van der Waals surface area contributed by atoms with Crippen LogP contribution in [0, 0.1) is 0 Å². The van der Waals surface area contributed by atoms with E-state index in [1.807, 2.05) is 0 Å². The molecule has 0 spiro atoms. The first kappa shape index (κ1) is 16.2. The van der Waals surface area contributed by atoms with Crippen LogP contribution in [0.2, 0.25) is 0 Å². The topological polar surface area (TPSA) is 63.2 Å². The Labute approximate surface area is 55.7 Å². The Balaban J connectivity index is -0.0000000450. The number of hydrogen-bond acceptors (Lipinski definition) is 3. The van der Waals surface area contributed by atoms with Crippen LogP contribution in [0.3, 0.4) is 0 Å². The standard InChI is InChI=1S/CH2O3.Fe.Mn/c2-1(3)4;;/h(H2,2,3,4);;/q;+2;/p-2. The summed E-state index contributed by atoms with van der Waals surface area (Å²) in [7, 11) is 0. The minimum Gasteiger partial charge on any atom is -0.652 e. The van der Waals surface area contributed by atoms with Crippen molar-refractivity contribution in [3.63, 3.8) is 0 Å². The van der Waals surface area contributed by atoms with Crippen molar-refractivity contribution in [1.82, 2.24) is 0 Å². The summed E-state index contributed by atoms with van der Waals surface area (Å²) >= 11 is 0. The summed E-state index contributed by atoms with van der Waals surface area (Å²) in [6, 6.07) is 0. The molecule has 0 unspecified atom stereocenters. The zero-order valence-corrected chi connectivity index (χ0v) is 4.74. The summed E-state index contributed by atoms with van der Waals surface area (Å²) in [4.78, 5) is 8.33. The van der Waals surface area contributed by atoms with E-state index in [-0.39, 0.29) is 34.1 Å². The van der Waals surface area contributed by atoms with Crippen molar-refractivity contribution in [3.8, 4) is 0 Å². The summed E-state index contributed by atoms with van der Waals surface area (Å²) in [5.74, 6) is 0. The van der Waals surface area contributed by atoms with E-state index in [1.165, 1.54) is 0 Å². The molecule has 0 aromatic carbocycles. The van der Waals surface area contributed by atoms with E-state index < -0.39 is 6.16 Å². The summed E-state index contributed by atoms with van der Waals surface area (Å²) in [6.07, 6.45) is -2.33. The van der Waals surface area contributed by atoms with Crippen molar-refractivity contribution in [2.45, 2.75) is 0 Å². The molecule has 0 aromatic rings. The molecule has 0 aliphatic heterocycles. The molecule has 0 saturated heterocycles. The first-order chi connectivity index (χ1) is 1.73. The fourth-order valence-corrected chi connectivity index (χ4v) is 0. The number of carboxylic acid groups (broad SMARTS) is 2. The Morgan fingerprint density at radius 3 is 1.33 bits per heavy atom. The summed E-state index contributed by atoms with van der Waals surface area (Å²) in [5.41, 5.74) is 0. The second-order valence-electron chi connectivity index (χ2n) is 0.250. The third kappa shape index (κ3) is 494. The van der Waals surface area contributed by atoms with E-state index in [0.717, 1.165) is 0 Å². The average Bonchev–Trinajstić information content (AvgIpc) is 0.811. The smallest absolute Gasteiger partial charge is 0.652 e. The van der Waals surface area contributed by atoms with Crippen molar-refractivity contribution in [3.05, 3.63) is 0 Å². The molecule has 0 bridgehead atoms. The van der Waals surface area contributed by atoms with Gasteiger partial charge >= 0.3 is 17.1 Å².